The lowest BCUT2D eigenvalue weighted by atomic mass is 9.61. The summed E-state index contributed by atoms with van der Waals surface area (Å²) in [5.41, 5.74) is -1.11. The Morgan fingerprint density at radius 1 is 0.565 bits per heavy atom. The molecule has 2 rings (SSSR count). The summed E-state index contributed by atoms with van der Waals surface area (Å²) in [5, 5.41) is 0. The van der Waals surface area contributed by atoms with E-state index in [1.165, 1.54) is 0 Å². The summed E-state index contributed by atoms with van der Waals surface area (Å²) in [6, 6.07) is 0. The van der Waals surface area contributed by atoms with E-state index < -0.39 is 0 Å². The van der Waals surface area contributed by atoms with Gasteiger partial charge in [0.2, 0.25) is 0 Å². The molecule has 2 aliphatic rings. The van der Waals surface area contributed by atoms with Crippen molar-refractivity contribution in [3.05, 3.63) is 0 Å². The van der Waals surface area contributed by atoms with Crippen molar-refractivity contribution in [3.63, 3.8) is 0 Å². The SMILES string of the molecule is C[C@@H](C[C@H](C)B1OC(C)(C)C(C)(C)O1)B1OC(C)(C)C(C)(C)O1. The molecule has 0 amide bonds. The first-order valence-electron chi connectivity index (χ1n) is 8.90. The van der Waals surface area contributed by atoms with Gasteiger partial charge in [-0.25, -0.2) is 0 Å². The van der Waals surface area contributed by atoms with E-state index in [2.05, 4.69) is 69.2 Å². The van der Waals surface area contributed by atoms with Crippen LogP contribution in [0.3, 0.4) is 0 Å². The second-order valence-corrected chi connectivity index (χ2v) is 9.44. The first-order chi connectivity index (χ1) is 10.2. The van der Waals surface area contributed by atoms with Crippen LogP contribution in [0.1, 0.15) is 75.7 Å². The highest BCUT2D eigenvalue weighted by molar-refractivity contribution is 6.49. The molecule has 6 heteroatoms. The quantitative estimate of drug-likeness (QED) is 0.721. The number of hydrogen-bond acceptors (Lipinski definition) is 4. The van der Waals surface area contributed by atoms with Gasteiger partial charge in [0, 0.05) is 0 Å². The minimum absolute atomic E-state index is 0.176. The molecular weight excluding hydrogens is 290 g/mol. The fourth-order valence-electron chi connectivity index (χ4n) is 3.05. The Labute approximate surface area is 143 Å². The monoisotopic (exact) mass is 324 g/mol. The summed E-state index contributed by atoms with van der Waals surface area (Å²) in [4.78, 5) is 0. The van der Waals surface area contributed by atoms with Crippen molar-refractivity contribution >= 4 is 14.2 Å². The van der Waals surface area contributed by atoms with Gasteiger partial charge in [-0.3, -0.25) is 0 Å². The van der Waals surface area contributed by atoms with Crippen LogP contribution in [0.25, 0.3) is 0 Å². The third-order valence-corrected chi connectivity index (χ3v) is 6.22. The average molecular weight is 324 g/mol. The second kappa shape index (κ2) is 5.76. The number of rotatable bonds is 4. The Kier molecular flexibility index (Phi) is 4.83. The Hall–Kier alpha value is -0.0301. The second-order valence-electron chi connectivity index (χ2n) is 9.44. The first kappa shape index (κ1) is 19.3. The molecule has 0 unspecified atom stereocenters. The van der Waals surface area contributed by atoms with Crippen molar-refractivity contribution in [1.29, 1.82) is 0 Å². The minimum Gasteiger partial charge on any atom is -0.403 e. The molecule has 2 heterocycles. The highest BCUT2D eigenvalue weighted by Crippen LogP contribution is 2.45. The van der Waals surface area contributed by atoms with E-state index in [1.54, 1.807) is 0 Å². The Morgan fingerprint density at radius 2 is 0.783 bits per heavy atom. The van der Waals surface area contributed by atoms with E-state index in [1.807, 2.05) is 0 Å². The van der Waals surface area contributed by atoms with Gasteiger partial charge >= 0.3 is 14.2 Å². The highest BCUT2D eigenvalue weighted by Gasteiger charge is 2.55. The fourth-order valence-corrected chi connectivity index (χ4v) is 3.05. The summed E-state index contributed by atoms with van der Waals surface area (Å²) in [5.74, 6) is 0.565. The number of hydrogen-bond donors (Lipinski definition) is 0. The van der Waals surface area contributed by atoms with Gasteiger partial charge in [-0.2, -0.15) is 0 Å². The molecule has 0 N–H and O–H groups in total. The zero-order valence-electron chi connectivity index (χ0n) is 16.6. The van der Waals surface area contributed by atoms with Gasteiger partial charge in [0.1, 0.15) is 0 Å². The van der Waals surface area contributed by atoms with Crippen molar-refractivity contribution in [2.24, 2.45) is 0 Å². The maximum absolute atomic E-state index is 6.17. The van der Waals surface area contributed by atoms with Gasteiger partial charge in [0.15, 0.2) is 0 Å². The smallest absolute Gasteiger partial charge is 0.403 e. The predicted molar refractivity (Wildman–Crippen MR) is 95.6 cm³/mol. The highest BCUT2D eigenvalue weighted by atomic mass is 16.7. The zero-order valence-corrected chi connectivity index (χ0v) is 16.6. The molecule has 2 saturated heterocycles. The first-order valence-corrected chi connectivity index (χ1v) is 8.90. The lowest BCUT2D eigenvalue weighted by molar-refractivity contribution is 0.00578. The molecule has 2 atom stereocenters. The zero-order chi connectivity index (χ0) is 17.8. The van der Waals surface area contributed by atoms with Crippen molar-refractivity contribution in [2.75, 3.05) is 0 Å². The summed E-state index contributed by atoms with van der Waals surface area (Å²) in [6.07, 6.45) is 0.938. The molecule has 0 aromatic carbocycles. The van der Waals surface area contributed by atoms with Crippen LogP contribution in [0.5, 0.6) is 0 Å². The van der Waals surface area contributed by atoms with E-state index in [0.29, 0.717) is 0 Å². The van der Waals surface area contributed by atoms with Gasteiger partial charge < -0.3 is 18.6 Å². The van der Waals surface area contributed by atoms with E-state index in [9.17, 15) is 0 Å². The molecule has 2 fully saturated rings. The van der Waals surface area contributed by atoms with E-state index in [-0.39, 0.29) is 48.3 Å². The van der Waals surface area contributed by atoms with Crippen LogP contribution >= 0.6 is 0 Å². The standard InChI is InChI=1S/C17H34B2O4/c1-12(18-20-14(3,4)15(5,6)21-18)11-13(2)19-22-16(7,8)17(9,10)23-19/h12-13H,11H2,1-10H3/t12-,13-/m0/s1. The molecule has 0 bridgehead atoms. The van der Waals surface area contributed by atoms with Crippen LogP contribution < -0.4 is 0 Å². The minimum atomic E-state index is -0.278. The Balaban J connectivity index is 1.96. The maximum Gasteiger partial charge on any atom is 0.460 e. The van der Waals surface area contributed by atoms with Crippen LogP contribution in [-0.2, 0) is 18.6 Å². The average Bonchev–Trinajstić information content (AvgIpc) is 2.69. The van der Waals surface area contributed by atoms with Crippen LogP contribution in [0.15, 0.2) is 0 Å². The molecule has 23 heavy (non-hydrogen) atoms. The van der Waals surface area contributed by atoms with Crippen LogP contribution in [0.4, 0.5) is 0 Å². The van der Waals surface area contributed by atoms with Gasteiger partial charge in [-0.05, 0) is 67.0 Å². The van der Waals surface area contributed by atoms with Crippen molar-refractivity contribution < 1.29 is 18.6 Å². The van der Waals surface area contributed by atoms with Gasteiger partial charge in [-0.1, -0.05) is 20.3 Å². The molecule has 2 aliphatic heterocycles. The summed E-state index contributed by atoms with van der Waals surface area (Å²) >= 11 is 0. The van der Waals surface area contributed by atoms with E-state index >= 15 is 0 Å². The Bertz CT molecular complexity index is 376. The van der Waals surface area contributed by atoms with Crippen molar-refractivity contribution in [1.82, 2.24) is 0 Å². The topological polar surface area (TPSA) is 36.9 Å². The maximum atomic E-state index is 6.17. The van der Waals surface area contributed by atoms with E-state index in [4.69, 9.17) is 18.6 Å². The third-order valence-electron chi connectivity index (χ3n) is 6.22. The lowest BCUT2D eigenvalue weighted by Gasteiger charge is -2.32. The lowest BCUT2D eigenvalue weighted by Crippen LogP contribution is -2.41. The summed E-state index contributed by atoms with van der Waals surface area (Å²) < 4.78 is 24.7. The molecule has 0 aromatic heterocycles. The van der Waals surface area contributed by atoms with E-state index in [0.717, 1.165) is 6.42 Å². The molecular formula is C17H34B2O4. The third kappa shape index (κ3) is 3.51. The van der Waals surface area contributed by atoms with Crippen molar-refractivity contribution in [3.8, 4) is 0 Å². The van der Waals surface area contributed by atoms with Crippen molar-refractivity contribution in [2.45, 2.75) is 110 Å². The molecule has 0 saturated carbocycles. The largest absolute Gasteiger partial charge is 0.460 e. The normalized spacial score (nSPS) is 30.5. The fraction of sp³-hybridized carbons (Fsp3) is 1.00. The van der Waals surface area contributed by atoms with Crippen LogP contribution in [0, 0.1) is 0 Å². The molecule has 0 aliphatic carbocycles. The Morgan fingerprint density at radius 3 is 1.00 bits per heavy atom. The van der Waals surface area contributed by atoms with Crippen LogP contribution in [0.2, 0.25) is 11.6 Å². The predicted octanol–water partition coefficient (Wildman–Crippen LogP) is 4.34. The molecule has 0 spiro atoms. The summed E-state index contributed by atoms with van der Waals surface area (Å²) in [6.45, 7) is 21.1. The molecule has 0 aromatic rings. The molecule has 4 nitrogen and oxygen atoms in total. The molecule has 0 radical (unpaired) electrons. The van der Waals surface area contributed by atoms with Gasteiger partial charge in [-0.15, -0.1) is 0 Å². The van der Waals surface area contributed by atoms with Gasteiger partial charge in [0.05, 0.1) is 22.4 Å². The van der Waals surface area contributed by atoms with Gasteiger partial charge in [0.25, 0.3) is 0 Å². The molecule has 132 valence electrons. The summed E-state index contributed by atoms with van der Waals surface area (Å²) in [7, 11) is -0.352. The van der Waals surface area contributed by atoms with Crippen LogP contribution in [-0.4, -0.2) is 36.6 Å².